The molecule has 0 unspecified atom stereocenters. The quantitative estimate of drug-likeness (QED) is 0.193. The summed E-state index contributed by atoms with van der Waals surface area (Å²) >= 11 is 1.51. The molecule has 0 bridgehead atoms. The zero-order valence-corrected chi connectivity index (χ0v) is 20.5. The van der Waals surface area contributed by atoms with Gasteiger partial charge in [-0.2, -0.15) is 11.8 Å². The summed E-state index contributed by atoms with van der Waals surface area (Å²) in [6, 6.07) is 12.0. The number of fused-ring (bicyclic) bond motifs is 1. The molecule has 0 radical (unpaired) electrons. The van der Waals surface area contributed by atoms with Crippen molar-refractivity contribution < 1.29 is 19.1 Å². The topological polar surface area (TPSA) is 71.3 Å². The minimum atomic E-state index is -0.619. The molecule has 0 saturated heterocycles. The average molecular weight is 485 g/mol. The van der Waals surface area contributed by atoms with E-state index in [0.717, 1.165) is 23.2 Å². The van der Waals surface area contributed by atoms with Crippen molar-refractivity contribution in [3.05, 3.63) is 59.9 Å². The minimum absolute atomic E-state index is 0.0128. The Hall–Kier alpha value is -2.80. The van der Waals surface area contributed by atoms with E-state index < -0.39 is 17.7 Å². The molecule has 0 fully saturated rings. The van der Waals surface area contributed by atoms with Crippen molar-refractivity contribution in [1.82, 2.24) is 4.57 Å². The zero-order valence-electron chi connectivity index (χ0n) is 19.7. The van der Waals surface area contributed by atoms with Crippen LogP contribution in [-0.2, 0) is 0 Å². The molecular formula is C27H33FN2O3S. The molecule has 0 aliphatic carbocycles. The maximum absolute atomic E-state index is 14.0. The normalized spacial score (nSPS) is 11.1. The number of anilines is 1. The second-order valence-electron chi connectivity index (χ2n) is 8.44. The number of hydrogen-bond acceptors (Lipinski definition) is 4. The number of para-hydroxylation sites is 1. The number of nitrogens with zero attached hydrogens (tertiary/aromatic N) is 1. The van der Waals surface area contributed by atoms with E-state index >= 15 is 0 Å². The van der Waals surface area contributed by atoms with Gasteiger partial charge in [0.25, 0.3) is 0 Å². The molecule has 0 atom stereocenters. The first-order chi connectivity index (χ1) is 16.5. The Morgan fingerprint density at radius 1 is 0.971 bits per heavy atom. The first-order valence-corrected chi connectivity index (χ1v) is 13.2. The molecule has 0 saturated carbocycles. The zero-order chi connectivity index (χ0) is 24.3. The van der Waals surface area contributed by atoms with Crippen molar-refractivity contribution in [3.63, 3.8) is 0 Å². The van der Waals surface area contributed by atoms with E-state index in [1.165, 1.54) is 68.5 Å². The molecule has 182 valence electrons. The lowest BCUT2D eigenvalue weighted by molar-refractivity contribution is 0.102. The van der Waals surface area contributed by atoms with Crippen LogP contribution in [0.15, 0.2) is 48.5 Å². The van der Waals surface area contributed by atoms with Gasteiger partial charge in [-0.1, -0.05) is 70.1 Å². The Labute approximate surface area is 204 Å². The molecule has 5 nitrogen and oxygen atoms in total. The van der Waals surface area contributed by atoms with Crippen molar-refractivity contribution in [3.8, 4) is 5.88 Å². The van der Waals surface area contributed by atoms with Crippen LogP contribution in [0.25, 0.3) is 10.9 Å². The maximum atomic E-state index is 14.0. The van der Waals surface area contributed by atoms with Gasteiger partial charge in [-0.3, -0.25) is 4.79 Å². The number of hydrogen-bond donors (Lipinski definition) is 2. The molecule has 0 aliphatic heterocycles. The third-order valence-electron chi connectivity index (χ3n) is 5.79. The highest BCUT2D eigenvalue weighted by Gasteiger charge is 2.26. The molecule has 2 aromatic carbocycles. The molecule has 1 amide bonds. The van der Waals surface area contributed by atoms with Gasteiger partial charge in [-0.15, -0.1) is 0 Å². The van der Waals surface area contributed by atoms with E-state index in [4.69, 9.17) is 0 Å². The van der Waals surface area contributed by atoms with Crippen LogP contribution in [0, 0.1) is 5.82 Å². The number of Topliss-reactive ketones (excluding diaryl/α,β-unsaturated/α-hetero) is 1. The summed E-state index contributed by atoms with van der Waals surface area (Å²) in [6.45, 7) is 2.21. The second-order valence-corrected chi connectivity index (χ2v) is 9.55. The maximum Gasteiger partial charge on any atom is 0.333 e. The summed E-state index contributed by atoms with van der Waals surface area (Å²) in [5, 5.41) is 13.8. The van der Waals surface area contributed by atoms with Gasteiger partial charge in [0.1, 0.15) is 5.82 Å². The second kappa shape index (κ2) is 13.2. The Kier molecular flexibility index (Phi) is 10.0. The fraction of sp³-hybridized carbons (Fsp3) is 0.407. The Bertz CT molecular complexity index is 1100. The van der Waals surface area contributed by atoms with Crippen molar-refractivity contribution in [2.45, 2.75) is 58.3 Å². The number of unbranched alkanes of at least 4 members (excludes halogenated alkanes) is 7. The number of carbonyl (C=O) groups excluding carboxylic acids is 2. The van der Waals surface area contributed by atoms with E-state index in [9.17, 15) is 19.1 Å². The lowest BCUT2D eigenvalue weighted by atomic mass is 10.1. The third kappa shape index (κ3) is 6.86. The van der Waals surface area contributed by atoms with Gasteiger partial charge in [-0.05, 0) is 42.5 Å². The number of nitrogens with one attached hydrogen (secondary N) is 1. The van der Waals surface area contributed by atoms with Crippen molar-refractivity contribution in [2.24, 2.45) is 0 Å². The van der Waals surface area contributed by atoms with Gasteiger partial charge >= 0.3 is 6.03 Å². The van der Waals surface area contributed by atoms with Gasteiger partial charge in [0.2, 0.25) is 5.88 Å². The highest BCUT2D eigenvalue weighted by molar-refractivity contribution is 7.99. The number of carbonyl (C=O) groups is 2. The number of ketones is 1. The van der Waals surface area contributed by atoms with Crippen LogP contribution in [0.5, 0.6) is 5.88 Å². The molecule has 3 aromatic rings. The monoisotopic (exact) mass is 484 g/mol. The van der Waals surface area contributed by atoms with Crippen LogP contribution in [0.4, 0.5) is 14.9 Å². The van der Waals surface area contributed by atoms with Crippen LogP contribution in [-0.4, -0.2) is 33.0 Å². The van der Waals surface area contributed by atoms with E-state index in [1.54, 1.807) is 24.3 Å². The molecule has 1 heterocycles. The van der Waals surface area contributed by atoms with Gasteiger partial charge in [0.05, 0.1) is 16.8 Å². The van der Waals surface area contributed by atoms with Gasteiger partial charge < -0.3 is 10.4 Å². The highest BCUT2D eigenvalue weighted by atomic mass is 32.2. The van der Waals surface area contributed by atoms with Gasteiger partial charge in [0, 0.05) is 11.1 Å². The standard InChI is InChI=1S/C27H33FN2O3S/c1-2-3-4-5-6-7-8-12-17-34-19-24(31)25-22-18-20(28)15-16-23(22)30(26(25)32)27(33)29-21-13-10-9-11-14-21/h9-11,13-16,18,32H,2-8,12,17,19H2,1H3,(H,29,33). The van der Waals surface area contributed by atoms with Crippen molar-refractivity contribution in [1.29, 1.82) is 0 Å². The number of benzene rings is 2. The van der Waals surface area contributed by atoms with E-state index in [1.807, 2.05) is 6.07 Å². The number of amides is 1. The largest absolute Gasteiger partial charge is 0.494 e. The summed E-state index contributed by atoms with van der Waals surface area (Å²) in [5.74, 6) is -0.299. The van der Waals surface area contributed by atoms with Crippen LogP contribution in [0.3, 0.4) is 0 Å². The predicted molar refractivity (Wildman–Crippen MR) is 139 cm³/mol. The first kappa shape index (κ1) is 25.8. The first-order valence-electron chi connectivity index (χ1n) is 12.0. The summed E-state index contributed by atoms with van der Waals surface area (Å²) in [6.07, 6.45) is 9.80. The minimum Gasteiger partial charge on any atom is -0.494 e. The SMILES string of the molecule is CCCCCCCCCCSCC(=O)c1c(O)n(C(=O)Nc2ccccc2)c2ccc(F)cc12. The fourth-order valence-corrected chi connectivity index (χ4v) is 4.89. The Balaban J connectivity index is 1.63. The Morgan fingerprint density at radius 2 is 1.65 bits per heavy atom. The molecule has 3 rings (SSSR count). The van der Waals surface area contributed by atoms with Crippen LogP contribution < -0.4 is 5.32 Å². The van der Waals surface area contributed by atoms with Crippen LogP contribution in [0.1, 0.15) is 68.6 Å². The number of aromatic hydroxyl groups is 1. The molecule has 0 aliphatic rings. The molecule has 0 spiro atoms. The molecule has 2 N–H and O–H groups in total. The fourth-order valence-electron chi connectivity index (χ4n) is 4.01. The van der Waals surface area contributed by atoms with E-state index in [-0.39, 0.29) is 28.0 Å². The van der Waals surface area contributed by atoms with Gasteiger partial charge in [-0.25, -0.2) is 13.8 Å². The summed E-state index contributed by atoms with van der Waals surface area (Å²) < 4.78 is 15.0. The lowest BCUT2D eigenvalue weighted by Crippen LogP contribution is -2.19. The van der Waals surface area contributed by atoms with Crippen molar-refractivity contribution >= 4 is 40.2 Å². The average Bonchev–Trinajstić information content (AvgIpc) is 3.11. The molecule has 34 heavy (non-hydrogen) atoms. The van der Waals surface area contributed by atoms with E-state index in [2.05, 4.69) is 12.2 Å². The molecular weight excluding hydrogens is 451 g/mol. The summed E-state index contributed by atoms with van der Waals surface area (Å²) in [5.41, 5.74) is 0.814. The number of aromatic nitrogens is 1. The van der Waals surface area contributed by atoms with Crippen molar-refractivity contribution in [2.75, 3.05) is 16.8 Å². The smallest absolute Gasteiger partial charge is 0.333 e. The predicted octanol–water partition coefficient (Wildman–Crippen LogP) is 7.62. The van der Waals surface area contributed by atoms with Crippen LogP contribution >= 0.6 is 11.8 Å². The Morgan fingerprint density at radius 3 is 2.35 bits per heavy atom. The highest BCUT2D eigenvalue weighted by Crippen LogP contribution is 2.33. The van der Waals surface area contributed by atoms with E-state index in [0.29, 0.717) is 5.69 Å². The van der Waals surface area contributed by atoms with Crippen LogP contribution in [0.2, 0.25) is 0 Å². The lowest BCUT2D eigenvalue weighted by Gasteiger charge is -2.08. The molecule has 1 aromatic heterocycles. The molecule has 7 heteroatoms. The third-order valence-corrected chi connectivity index (χ3v) is 6.83. The van der Waals surface area contributed by atoms with Gasteiger partial charge in [0.15, 0.2) is 5.78 Å². The number of halogens is 1. The summed E-state index contributed by atoms with van der Waals surface area (Å²) in [4.78, 5) is 25.9. The number of rotatable bonds is 13. The summed E-state index contributed by atoms with van der Waals surface area (Å²) in [7, 11) is 0. The number of thioether (sulfide) groups is 1.